The van der Waals surface area contributed by atoms with Crippen molar-refractivity contribution in [3.8, 4) is 5.75 Å². The number of rotatable bonds is 6. The van der Waals surface area contributed by atoms with Crippen LogP contribution in [0.4, 0.5) is 0 Å². The molecule has 2 rings (SSSR count). The van der Waals surface area contributed by atoms with Crippen LogP contribution in [-0.2, 0) is 19.6 Å². The maximum Gasteiger partial charge on any atom is 0.123 e. The molecule has 3 nitrogen and oxygen atoms in total. The van der Waals surface area contributed by atoms with E-state index in [1.807, 2.05) is 6.07 Å². The number of nitrogens with two attached hydrogens (primary N) is 1. The highest BCUT2D eigenvalue weighted by Crippen LogP contribution is 2.21. The van der Waals surface area contributed by atoms with Gasteiger partial charge in [-0.25, -0.2) is 0 Å². The van der Waals surface area contributed by atoms with Crippen molar-refractivity contribution >= 4 is 15.9 Å². The zero-order valence-corrected chi connectivity index (χ0v) is 14.1. The molecular weight excluding hydrogens is 328 g/mol. The highest BCUT2D eigenvalue weighted by Gasteiger charge is 2.06. The molecule has 0 aliphatic carbocycles. The Morgan fingerprint density at radius 3 is 2.29 bits per heavy atom. The summed E-state index contributed by atoms with van der Waals surface area (Å²) in [7, 11) is 3.80. The maximum atomic E-state index is 5.70. The lowest BCUT2D eigenvalue weighted by atomic mass is 10.1. The van der Waals surface area contributed by atoms with Gasteiger partial charge in [0.05, 0.1) is 7.11 Å². The van der Waals surface area contributed by atoms with Crippen molar-refractivity contribution in [2.75, 3.05) is 14.2 Å². The Morgan fingerprint density at radius 1 is 1.05 bits per heavy atom. The SMILES string of the molecule is COc1cc(CN(C)Cc2ccc(Br)cc2)ccc1CN. The van der Waals surface area contributed by atoms with Crippen molar-refractivity contribution in [3.05, 3.63) is 63.6 Å². The maximum absolute atomic E-state index is 5.70. The zero-order valence-electron chi connectivity index (χ0n) is 12.5. The second-order valence-electron chi connectivity index (χ2n) is 5.15. The fraction of sp³-hybridized carbons (Fsp3) is 0.294. The minimum absolute atomic E-state index is 0.498. The topological polar surface area (TPSA) is 38.5 Å². The normalized spacial score (nSPS) is 10.9. The lowest BCUT2D eigenvalue weighted by Gasteiger charge is -2.18. The van der Waals surface area contributed by atoms with Crippen molar-refractivity contribution in [2.45, 2.75) is 19.6 Å². The van der Waals surface area contributed by atoms with Crippen LogP contribution in [0.3, 0.4) is 0 Å². The smallest absolute Gasteiger partial charge is 0.123 e. The quantitative estimate of drug-likeness (QED) is 0.867. The van der Waals surface area contributed by atoms with Gasteiger partial charge in [-0.1, -0.05) is 40.2 Å². The molecule has 0 aliphatic rings. The Kier molecular flexibility index (Phi) is 5.79. The van der Waals surface area contributed by atoms with E-state index >= 15 is 0 Å². The Morgan fingerprint density at radius 2 is 1.67 bits per heavy atom. The van der Waals surface area contributed by atoms with Gasteiger partial charge in [0.2, 0.25) is 0 Å². The zero-order chi connectivity index (χ0) is 15.2. The molecule has 0 aliphatic heterocycles. The van der Waals surface area contributed by atoms with Crippen molar-refractivity contribution in [2.24, 2.45) is 5.73 Å². The predicted octanol–water partition coefficient (Wildman–Crippen LogP) is 3.55. The highest BCUT2D eigenvalue weighted by atomic mass is 79.9. The van der Waals surface area contributed by atoms with E-state index in [0.717, 1.165) is 28.9 Å². The van der Waals surface area contributed by atoms with Gasteiger partial charge in [-0.2, -0.15) is 0 Å². The number of nitrogens with zero attached hydrogens (tertiary/aromatic N) is 1. The van der Waals surface area contributed by atoms with Gasteiger partial charge >= 0.3 is 0 Å². The fourth-order valence-corrected chi connectivity index (χ4v) is 2.59. The molecule has 0 atom stereocenters. The van der Waals surface area contributed by atoms with Crippen LogP contribution in [0.5, 0.6) is 5.75 Å². The average Bonchev–Trinajstić information content (AvgIpc) is 2.49. The van der Waals surface area contributed by atoms with Crippen LogP contribution in [0, 0.1) is 0 Å². The molecule has 0 unspecified atom stereocenters. The Labute approximate surface area is 134 Å². The van der Waals surface area contributed by atoms with Gasteiger partial charge in [-0.3, -0.25) is 4.90 Å². The minimum Gasteiger partial charge on any atom is -0.496 e. The van der Waals surface area contributed by atoms with Gasteiger partial charge in [-0.05, 0) is 36.4 Å². The summed E-state index contributed by atoms with van der Waals surface area (Å²) in [5.41, 5.74) is 9.26. The second kappa shape index (κ2) is 7.59. The van der Waals surface area contributed by atoms with Gasteiger partial charge in [-0.15, -0.1) is 0 Å². The predicted molar refractivity (Wildman–Crippen MR) is 90.2 cm³/mol. The van der Waals surface area contributed by atoms with E-state index in [1.54, 1.807) is 7.11 Å². The third-order valence-corrected chi connectivity index (χ3v) is 3.92. The van der Waals surface area contributed by atoms with E-state index < -0.39 is 0 Å². The summed E-state index contributed by atoms with van der Waals surface area (Å²) in [6.07, 6.45) is 0. The molecule has 2 aromatic carbocycles. The number of ether oxygens (including phenoxy) is 1. The van der Waals surface area contributed by atoms with Crippen LogP contribution in [0.25, 0.3) is 0 Å². The number of hydrogen-bond acceptors (Lipinski definition) is 3. The molecule has 2 N–H and O–H groups in total. The first-order valence-corrected chi connectivity index (χ1v) is 7.70. The van der Waals surface area contributed by atoms with Crippen molar-refractivity contribution in [1.29, 1.82) is 0 Å². The van der Waals surface area contributed by atoms with Crippen molar-refractivity contribution < 1.29 is 4.74 Å². The number of benzene rings is 2. The Bertz CT molecular complexity index is 584. The number of hydrogen-bond donors (Lipinski definition) is 1. The van der Waals surface area contributed by atoms with E-state index in [1.165, 1.54) is 11.1 Å². The van der Waals surface area contributed by atoms with Gasteiger partial charge < -0.3 is 10.5 Å². The molecule has 0 amide bonds. The van der Waals surface area contributed by atoms with Crippen LogP contribution in [0.15, 0.2) is 46.9 Å². The average molecular weight is 349 g/mol. The molecular formula is C17H21BrN2O. The first kappa shape index (κ1) is 16.0. The van der Waals surface area contributed by atoms with E-state index in [0.29, 0.717) is 6.54 Å². The molecule has 112 valence electrons. The van der Waals surface area contributed by atoms with Crippen LogP contribution in [-0.4, -0.2) is 19.1 Å². The second-order valence-corrected chi connectivity index (χ2v) is 6.06. The van der Waals surface area contributed by atoms with Crippen LogP contribution >= 0.6 is 15.9 Å². The molecule has 0 aromatic heterocycles. The summed E-state index contributed by atoms with van der Waals surface area (Å²) < 4.78 is 6.49. The molecule has 21 heavy (non-hydrogen) atoms. The van der Waals surface area contributed by atoms with Crippen LogP contribution in [0.2, 0.25) is 0 Å². The van der Waals surface area contributed by atoms with E-state index in [2.05, 4.69) is 64.3 Å². The largest absolute Gasteiger partial charge is 0.496 e. The number of methoxy groups -OCH3 is 1. The molecule has 0 spiro atoms. The van der Waals surface area contributed by atoms with E-state index in [9.17, 15) is 0 Å². The molecule has 0 radical (unpaired) electrons. The van der Waals surface area contributed by atoms with Crippen molar-refractivity contribution in [1.82, 2.24) is 4.90 Å². The minimum atomic E-state index is 0.498. The lowest BCUT2D eigenvalue weighted by molar-refractivity contribution is 0.318. The highest BCUT2D eigenvalue weighted by molar-refractivity contribution is 9.10. The van der Waals surface area contributed by atoms with Gasteiger partial charge in [0.15, 0.2) is 0 Å². The van der Waals surface area contributed by atoms with Gasteiger partial charge in [0.25, 0.3) is 0 Å². The summed E-state index contributed by atoms with van der Waals surface area (Å²) in [5, 5.41) is 0. The van der Waals surface area contributed by atoms with Crippen molar-refractivity contribution in [3.63, 3.8) is 0 Å². The molecule has 0 heterocycles. The van der Waals surface area contributed by atoms with Crippen LogP contribution in [0.1, 0.15) is 16.7 Å². The summed E-state index contributed by atoms with van der Waals surface area (Å²) >= 11 is 3.46. The third-order valence-electron chi connectivity index (χ3n) is 3.39. The third kappa shape index (κ3) is 4.56. The van der Waals surface area contributed by atoms with Gasteiger partial charge in [0, 0.05) is 29.7 Å². The summed E-state index contributed by atoms with van der Waals surface area (Å²) in [6, 6.07) is 14.6. The Hall–Kier alpha value is -1.36. The molecule has 0 saturated carbocycles. The summed E-state index contributed by atoms with van der Waals surface area (Å²) in [4.78, 5) is 2.28. The monoisotopic (exact) mass is 348 g/mol. The lowest BCUT2D eigenvalue weighted by Crippen LogP contribution is -2.17. The first-order chi connectivity index (χ1) is 10.1. The van der Waals surface area contributed by atoms with E-state index in [-0.39, 0.29) is 0 Å². The van der Waals surface area contributed by atoms with Gasteiger partial charge in [0.1, 0.15) is 5.75 Å². The molecule has 0 saturated heterocycles. The fourth-order valence-electron chi connectivity index (χ4n) is 2.33. The molecule has 4 heteroatoms. The molecule has 0 bridgehead atoms. The molecule has 2 aromatic rings. The summed E-state index contributed by atoms with van der Waals surface area (Å²) in [6.45, 7) is 2.28. The standard InChI is InChI=1S/C17H21BrN2O/c1-20(11-13-4-7-16(18)8-5-13)12-14-3-6-15(10-19)17(9-14)21-2/h3-9H,10-12,19H2,1-2H3. The Balaban J connectivity index is 2.02. The van der Waals surface area contributed by atoms with Crippen LogP contribution < -0.4 is 10.5 Å². The first-order valence-electron chi connectivity index (χ1n) is 6.91. The molecule has 0 fully saturated rings. The van der Waals surface area contributed by atoms with E-state index in [4.69, 9.17) is 10.5 Å². The summed E-state index contributed by atoms with van der Waals surface area (Å²) in [5.74, 6) is 0.868. The number of halogens is 1.